The van der Waals surface area contributed by atoms with Crippen molar-refractivity contribution in [2.24, 2.45) is 0 Å². The lowest BCUT2D eigenvalue weighted by Crippen LogP contribution is -1.97. The van der Waals surface area contributed by atoms with E-state index in [2.05, 4.69) is 0 Å². The monoisotopic (exact) mass is 309 g/mol. The van der Waals surface area contributed by atoms with Gasteiger partial charge in [0.1, 0.15) is 0 Å². The Morgan fingerprint density at radius 2 is 1.71 bits per heavy atom. The molecule has 0 aromatic heterocycles. The molecule has 0 radical (unpaired) electrons. The van der Waals surface area contributed by atoms with Crippen LogP contribution in [0.25, 0.3) is 0 Å². The van der Waals surface area contributed by atoms with Crippen LogP contribution in [0.5, 0.6) is 0 Å². The van der Waals surface area contributed by atoms with Gasteiger partial charge in [-0.15, -0.1) is 0 Å². The van der Waals surface area contributed by atoms with Crippen LogP contribution >= 0.6 is 11.8 Å². The fraction of sp³-hybridized carbons (Fsp3) is 0.188. The molecule has 0 spiro atoms. The van der Waals surface area contributed by atoms with Crippen LogP contribution in [0.15, 0.2) is 58.3 Å². The van der Waals surface area contributed by atoms with Gasteiger partial charge in [0.05, 0.1) is 12.7 Å². The molecule has 0 saturated carbocycles. The third-order valence-corrected chi connectivity index (χ3v) is 3.27. The summed E-state index contributed by atoms with van der Waals surface area (Å²) in [7, 11) is 0.500. The summed E-state index contributed by atoms with van der Waals surface area (Å²) in [4.78, 5) is 12.7. The molecule has 114 valence electrons. The van der Waals surface area contributed by atoms with Gasteiger partial charge in [-0.2, -0.15) is 0 Å². The van der Waals surface area contributed by atoms with Crippen LogP contribution in [-0.2, 0) is 0 Å². The van der Waals surface area contributed by atoms with E-state index >= 15 is 0 Å². The minimum Gasteiger partial charge on any atom is -0.478 e. The van der Waals surface area contributed by atoms with Crippen LogP contribution in [0.4, 0.5) is 10.1 Å². The van der Waals surface area contributed by atoms with Crippen molar-refractivity contribution in [3.63, 3.8) is 0 Å². The highest BCUT2D eigenvalue weighted by molar-refractivity contribution is 7.99. The van der Waals surface area contributed by atoms with Gasteiger partial charge < -0.3 is 10.8 Å². The van der Waals surface area contributed by atoms with Crippen molar-refractivity contribution in [1.29, 1.82) is 0 Å². The molecule has 2 rings (SSSR count). The lowest BCUT2D eigenvalue weighted by Gasteiger charge is -2.05. The number of alkyl halides is 1. The summed E-state index contributed by atoms with van der Waals surface area (Å²) in [6, 6.07) is 14.3. The second-order valence-corrected chi connectivity index (χ2v) is 4.59. The molecule has 0 saturated heterocycles. The fourth-order valence-electron chi connectivity index (χ4n) is 1.44. The number of hydrogen-bond donors (Lipinski definition) is 2. The van der Waals surface area contributed by atoms with Crippen LogP contribution in [0.1, 0.15) is 24.2 Å². The van der Waals surface area contributed by atoms with Gasteiger partial charge in [-0.1, -0.05) is 43.8 Å². The minimum absolute atomic E-state index is 0.305. The molecule has 0 aliphatic carbocycles. The van der Waals surface area contributed by atoms with E-state index in [1.54, 1.807) is 24.3 Å². The van der Waals surface area contributed by atoms with Gasteiger partial charge in [0.25, 0.3) is 0 Å². The van der Waals surface area contributed by atoms with E-state index < -0.39 is 5.97 Å². The summed E-state index contributed by atoms with van der Waals surface area (Å²) in [5.74, 6) is -0.919. The molecular weight excluding hydrogens is 289 g/mol. The summed E-state index contributed by atoms with van der Waals surface area (Å²) < 4.78 is 9.50. The highest BCUT2D eigenvalue weighted by Crippen LogP contribution is 2.31. The van der Waals surface area contributed by atoms with Crippen LogP contribution in [0, 0.1) is 0 Å². The molecule has 0 aliphatic heterocycles. The van der Waals surface area contributed by atoms with Crippen molar-refractivity contribution < 1.29 is 14.3 Å². The van der Waals surface area contributed by atoms with Crippen molar-refractivity contribution in [2.75, 3.05) is 12.9 Å². The Balaban J connectivity index is 0.000000921. The number of halogens is 1. The average Bonchev–Trinajstić information content (AvgIpc) is 2.52. The number of hydrogen-bond acceptors (Lipinski definition) is 3. The second kappa shape index (κ2) is 10.7. The number of carboxylic acids is 1. The van der Waals surface area contributed by atoms with Gasteiger partial charge in [0.2, 0.25) is 0 Å². The normalized spacial score (nSPS) is 8.76. The molecule has 0 amide bonds. The molecule has 5 heteroatoms. The van der Waals surface area contributed by atoms with E-state index in [1.165, 1.54) is 11.8 Å². The van der Waals surface area contributed by atoms with Gasteiger partial charge in [0, 0.05) is 15.5 Å². The number of rotatable bonds is 3. The van der Waals surface area contributed by atoms with E-state index in [0.29, 0.717) is 23.3 Å². The number of carbonyl (C=O) groups is 1. The first-order valence-electron chi connectivity index (χ1n) is 6.40. The van der Waals surface area contributed by atoms with Crippen LogP contribution in [0.2, 0.25) is 0 Å². The fourth-order valence-corrected chi connectivity index (χ4v) is 2.44. The maximum absolute atomic E-state index is 11.0. The molecule has 2 aromatic rings. The van der Waals surface area contributed by atoms with Crippen LogP contribution in [0.3, 0.4) is 0 Å². The smallest absolute Gasteiger partial charge is 0.336 e. The SMILES string of the molecule is CC.CF.Nc1cccc(Sc2ccccc2C(=O)O)c1. The highest BCUT2D eigenvalue weighted by atomic mass is 32.2. The zero-order valence-electron chi connectivity index (χ0n) is 12.3. The third-order valence-electron chi connectivity index (χ3n) is 2.20. The number of nitrogens with two attached hydrogens (primary N) is 1. The van der Waals surface area contributed by atoms with Gasteiger partial charge in [0.15, 0.2) is 0 Å². The minimum atomic E-state index is -0.919. The molecule has 0 fully saturated rings. The molecule has 0 atom stereocenters. The van der Waals surface area contributed by atoms with Crippen molar-refractivity contribution >= 4 is 23.4 Å². The first-order valence-corrected chi connectivity index (χ1v) is 7.22. The van der Waals surface area contributed by atoms with E-state index in [0.717, 1.165) is 4.90 Å². The Morgan fingerprint density at radius 1 is 1.10 bits per heavy atom. The summed E-state index contributed by atoms with van der Waals surface area (Å²) >= 11 is 1.40. The predicted molar refractivity (Wildman–Crippen MR) is 86.8 cm³/mol. The predicted octanol–water partition coefficient (Wildman–Crippen LogP) is 4.73. The van der Waals surface area contributed by atoms with Crippen LogP contribution in [-0.4, -0.2) is 18.3 Å². The summed E-state index contributed by atoms with van der Waals surface area (Å²) in [5.41, 5.74) is 6.66. The van der Waals surface area contributed by atoms with Crippen molar-refractivity contribution in [3.8, 4) is 0 Å². The molecule has 3 nitrogen and oxygen atoms in total. The first-order chi connectivity index (χ1) is 10.2. The summed E-state index contributed by atoms with van der Waals surface area (Å²) in [6.07, 6.45) is 0. The molecule has 21 heavy (non-hydrogen) atoms. The van der Waals surface area contributed by atoms with Crippen molar-refractivity contribution in [3.05, 3.63) is 54.1 Å². The molecule has 0 aliphatic rings. The zero-order valence-corrected chi connectivity index (χ0v) is 13.2. The van der Waals surface area contributed by atoms with Gasteiger partial charge >= 0.3 is 5.97 Å². The third kappa shape index (κ3) is 6.31. The molecular formula is C16H20FNO2S. The Morgan fingerprint density at radius 3 is 2.29 bits per heavy atom. The molecule has 2 aromatic carbocycles. The van der Waals surface area contributed by atoms with Crippen molar-refractivity contribution in [1.82, 2.24) is 0 Å². The number of nitrogen functional groups attached to an aromatic ring is 1. The average molecular weight is 309 g/mol. The molecule has 0 unspecified atom stereocenters. The number of benzene rings is 2. The lowest BCUT2D eigenvalue weighted by molar-refractivity contribution is 0.0693. The van der Waals surface area contributed by atoms with E-state index in [4.69, 9.17) is 10.8 Å². The Kier molecular flexibility index (Phi) is 9.71. The van der Waals surface area contributed by atoms with E-state index in [1.807, 2.05) is 38.1 Å². The number of carboxylic acid groups (broad SMARTS) is 1. The Labute approximate surface area is 129 Å². The largest absolute Gasteiger partial charge is 0.478 e. The van der Waals surface area contributed by atoms with E-state index in [9.17, 15) is 9.18 Å². The molecule has 0 bridgehead atoms. The van der Waals surface area contributed by atoms with Crippen molar-refractivity contribution in [2.45, 2.75) is 23.6 Å². The Hall–Kier alpha value is -2.01. The number of anilines is 1. The second-order valence-electron chi connectivity index (χ2n) is 3.48. The Bertz CT molecular complexity index is 561. The van der Waals surface area contributed by atoms with Gasteiger partial charge in [-0.05, 0) is 30.3 Å². The maximum atomic E-state index is 11.0. The maximum Gasteiger partial charge on any atom is 0.336 e. The highest BCUT2D eigenvalue weighted by Gasteiger charge is 2.09. The standard InChI is InChI=1S/C13H11NO2S.C2H6.CH3F/c14-9-4-3-5-10(8-9)17-12-7-2-1-6-11(12)13(15)16;2*1-2/h1-8H,14H2,(H,15,16);1-2H3;1H3. The van der Waals surface area contributed by atoms with Gasteiger partial charge in [-0.3, -0.25) is 4.39 Å². The zero-order chi connectivity index (χ0) is 16.3. The van der Waals surface area contributed by atoms with Gasteiger partial charge in [-0.25, -0.2) is 4.79 Å². The molecule has 0 heterocycles. The number of aromatic carboxylic acids is 1. The topological polar surface area (TPSA) is 63.3 Å². The quantitative estimate of drug-likeness (QED) is 0.805. The first kappa shape index (κ1) is 19.0. The summed E-state index contributed by atoms with van der Waals surface area (Å²) in [6.45, 7) is 4.00. The van der Waals surface area contributed by atoms with E-state index in [-0.39, 0.29) is 0 Å². The lowest BCUT2D eigenvalue weighted by atomic mass is 10.2. The van der Waals surface area contributed by atoms with Crippen LogP contribution < -0.4 is 5.73 Å². The summed E-state index contributed by atoms with van der Waals surface area (Å²) in [5, 5.41) is 9.06. The molecule has 3 N–H and O–H groups in total.